The minimum atomic E-state index is -3.57. The van der Waals surface area contributed by atoms with E-state index in [0.29, 0.717) is 23.0 Å². The molecule has 1 aliphatic rings. The van der Waals surface area contributed by atoms with Crippen LogP contribution in [-0.2, 0) is 16.6 Å². The van der Waals surface area contributed by atoms with Crippen molar-refractivity contribution in [2.45, 2.75) is 70.4 Å². The van der Waals surface area contributed by atoms with Gasteiger partial charge in [-0.15, -0.1) is 0 Å². The lowest BCUT2D eigenvalue weighted by molar-refractivity contribution is 0.480. The molecule has 120 valence electrons. The van der Waals surface area contributed by atoms with Gasteiger partial charge in [-0.2, -0.15) is 0 Å². The zero-order chi connectivity index (χ0) is 15.6. The summed E-state index contributed by atoms with van der Waals surface area (Å²) in [6.07, 6.45) is 5.11. The van der Waals surface area contributed by atoms with Crippen LogP contribution in [0.1, 0.15) is 56.1 Å². The van der Waals surface area contributed by atoms with Crippen molar-refractivity contribution in [3.8, 4) is 0 Å². The molecule has 0 bridgehead atoms. The third-order valence-corrected chi connectivity index (χ3v) is 6.09. The molecule has 2 rings (SSSR count). The highest BCUT2D eigenvalue weighted by molar-refractivity contribution is 7.89. The maximum absolute atomic E-state index is 12.7. The summed E-state index contributed by atoms with van der Waals surface area (Å²) in [4.78, 5) is 0.236. The molecule has 0 saturated heterocycles. The Hall–Kier alpha value is -0.850. The fourth-order valence-corrected chi connectivity index (χ4v) is 4.95. The van der Waals surface area contributed by atoms with Crippen molar-refractivity contribution in [1.29, 1.82) is 0 Å². The van der Waals surface area contributed by atoms with Gasteiger partial charge in [0, 0.05) is 18.2 Å². The van der Waals surface area contributed by atoms with E-state index in [1.54, 1.807) is 13.8 Å². The zero-order valence-electron chi connectivity index (χ0n) is 13.1. The Bertz CT molecular complexity index is 592. The second-order valence-corrected chi connectivity index (χ2v) is 7.81. The van der Waals surface area contributed by atoms with Crippen molar-refractivity contribution in [2.24, 2.45) is 11.7 Å². The molecule has 0 aromatic carbocycles. The van der Waals surface area contributed by atoms with Gasteiger partial charge in [-0.1, -0.05) is 19.8 Å². The van der Waals surface area contributed by atoms with E-state index < -0.39 is 10.0 Å². The van der Waals surface area contributed by atoms with Crippen LogP contribution < -0.4 is 10.5 Å². The molecule has 2 atom stereocenters. The van der Waals surface area contributed by atoms with Crippen LogP contribution in [0, 0.1) is 19.8 Å². The van der Waals surface area contributed by atoms with Gasteiger partial charge in [0.2, 0.25) is 10.0 Å². The third-order valence-electron chi connectivity index (χ3n) is 4.38. The van der Waals surface area contributed by atoms with Gasteiger partial charge in [0.15, 0.2) is 0 Å². The quantitative estimate of drug-likeness (QED) is 0.837. The largest absolute Gasteiger partial charge is 0.465 e. The van der Waals surface area contributed by atoms with E-state index >= 15 is 0 Å². The molecule has 1 aromatic rings. The predicted molar refractivity (Wildman–Crippen MR) is 82.4 cm³/mol. The van der Waals surface area contributed by atoms with Crippen LogP contribution in [0.2, 0.25) is 0 Å². The molecule has 3 N–H and O–H groups in total. The summed E-state index contributed by atoms with van der Waals surface area (Å²) in [6.45, 7) is 5.82. The average Bonchev–Trinajstić information content (AvgIpc) is 2.54. The molecule has 0 spiro atoms. The summed E-state index contributed by atoms with van der Waals surface area (Å²) in [6, 6.07) is 0.0141. The lowest BCUT2D eigenvalue weighted by atomic mass is 10.0. The summed E-state index contributed by atoms with van der Waals surface area (Å²) < 4.78 is 33.7. The van der Waals surface area contributed by atoms with Crippen molar-refractivity contribution in [3.05, 3.63) is 17.1 Å². The van der Waals surface area contributed by atoms with Gasteiger partial charge in [0.1, 0.15) is 16.4 Å². The number of sulfonamides is 1. The highest BCUT2D eigenvalue weighted by atomic mass is 32.2. The molecule has 0 radical (unpaired) electrons. The van der Waals surface area contributed by atoms with E-state index in [-0.39, 0.29) is 17.5 Å². The van der Waals surface area contributed by atoms with Gasteiger partial charge in [0.25, 0.3) is 0 Å². The third kappa shape index (κ3) is 3.67. The molecule has 21 heavy (non-hydrogen) atoms. The highest BCUT2D eigenvalue weighted by Gasteiger charge is 2.29. The lowest BCUT2D eigenvalue weighted by Crippen LogP contribution is -2.35. The first-order valence-electron chi connectivity index (χ1n) is 7.66. The summed E-state index contributed by atoms with van der Waals surface area (Å²) in [7, 11) is -3.57. The van der Waals surface area contributed by atoms with E-state index in [0.717, 1.165) is 25.7 Å². The molecule has 1 fully saturated rings. The number of rotatable bonds is 4. The van der Waals surface area contributed by atoms with Crippen LogP contribution in [0.3, 0.4) is 0 Å². The van der Waals surface area contributed by atoms with Gasteiger partial charge in [0.05, 0.1) is 0 Å². The average molecular weight is 314 g/mol. The summed E-state index contributed by atoms with van der Waals surface area (Å²) in [5, 5.41) is 0. The van der Waals surface area contributed by atoms with Gasteiger partial charge in [-0.3, -0.25) is 0 Å². The Morgan fingerprint density at radius 2 is 1.90 bits per heavy atom. The molecule has 0 aliphatic heterocycles. The van der Waals surface area contributed by atoms with Crippen molar-refractivity contribution >= 4 is 10.0 Å². The minimum Gasteiger partial charge on any atom is -0.465 e. The van der Waals surface area contributed by atoms with Crippen molar-refractivity contribution in [2.75, 3.05) is 0 Å². The van der Waals surface area contributed by atoms with Crippen LogP contribution in [0.4, 0.5) is 0 Å². The van der Waals surface area contributed by atoms with Crippen molar-refractivity contribution < 1.29 is 12.8 Å². The van der Waals surface area contributed by atoms with Gasteiger partial charge >= 0.3 is 0 Å². The normalized spacial score (nSPS) is 24.0. The molecule has 0 amide bonds. The van der Waals surface area contributed by atoms with E-state index in [9.17, 15) is 8.42 Å². The smallest absolute Gasteiger partial charge is 0.244 e. The lowest BCUT2D eigenvalue weighted by Gasteiger charge is -2.17. The minimum absolute atomic E-state index is 0.0141. The number of nitrogens with one attached hydrogen (secondary N) is 1. The summed E-state index contributed by atoms with van der Waals surface area (Å²) in [5.41, 5.74) is 6.27. The Labute approximate surface area is 127 Å². The molecule has 2 unspecified atom stereocenters. The Morgan fingerprint density at radius 3 is 2.57 bits per heavy atom. The molecule has 1 aromatic heterocycles. The Balaban J connectivity index is 2.22. The van der Waals surface area contributed by atoms with Crippen LogP contribution in [0.25, 0.3) is 0 Å². The first-order chi connectivity index (χ1) is 9.85. The maximum atomic E-state index is 12.7. The molecular formula is C15H26N2O3S. The number of hydrogen-bond donors (Lipinski definition) is 2. The Morgan fingerprint density at radius 1 is 1.19 bits per heavy atom. The van der Waals surface area contributed by atoms with E-state index in [1.165, 1.54) is 6.42 Å². The highest BCUT2D eigenvalue weighted by Crippen LogP contribution is 2.28. The molecule has 1 heterocycles. The first-order valence-corrected chi connectivity index (χ1v) is 9.14. The maximum Gasteiger partial charge on any atom is 0.244 e. The van der Waals surface area contributed by atoms with E-state index in [2.05, 4.69) is 11.6 Å². The molecule has 1 saturated carbocycles. The monoisotopic (exact) mass is 314 g/mol. The Kier molecular flexibility index (Phi) is 5.11. The van der Waals surface area contributed by atoms with Gasteiger partial charge in [-0.25, -0.2) is 13.1 Å². The van der Waals surface area contributed by atoms with E-state index in [1.807, 2.05) is 0 Å². The van der Waals surface area contributed by atoms with Gasteiger partial charge < -0.3 is 10.2 Å². The second-order valence-electron chi connectivity index (χ2n) is 6.16. The number of aryl methyl sites for hydroxylation is 2. The van der Waals surface area contributed by atoms with Crippen LogP contribution >= 0.6 is 0 Å². The zero-order valence-corrected chi connectivity index (χ0v) is 13.9. The SMILES string of the molecule is Cc1oc(C)c(S(=O)(=O)NC2CCCC(C)CC2)c1CN. The standard InChI is InChI=1S/C15H26N2O3S/c1-10-5-4-6-13(8-7-10)17-21(18,19)15-12(3)20-11(2)14(15)9-16/h10,13,17H,4-9,16H2,1-3H3. The predicted octanol–water partition coefficient (Wildman–Crippen LogP) is 2.60. The van der Waals surface area contributed by atoms with Crippen LogP contribution in [-0.4, -0.2) is 14.5 Å². The molecule has 5 nitrogen and oxygen atoms in total. The van der Waals surface area contributed by atoms with E-state index in [4.69, 9.17) is 10.2 Å². The van der Waals surface area contributed by atoms with Crippen molar-refractivity contribution in [3.63, 3.8) is 0 Å². The molecule has 1 aliphatic carbocycles. The van der Waals surface area contributed by atoms with Crippen molar-refractivity contribution in [1.82, 2.24) is 4.72 Å². The van der Waals surface area contributed by atoms with Crippen LogP contribution in [0.15, 0.2) is 9.31 Å². The first kappa shape index (κ1) is 16.5. The molecule has 6 heteroatoms. The number of hydrogen-bond acceptors (Lipinski definition) is 4. The summed E-state index contributed by atoms with van der Waals surface area (Å²) >= 11 is 0. The molecular weight excluding hydrogens is 288 g/mol. The summed E-state index contributed by atoms with van der Waals surface area (Å²) in [5.74, 6) is 1.68. The van der Waals surface area contributed by atoms with Crippen LogP contribution in [0.5, 0.6) is 0 Å². The fourth-order valence-electron chi connectivity index (χ4n) is 3.18. The topological polar surface area (TPSA) is 85.3 Å². The number of nitrogens with two attached hydrogens (primary N) is 1. The second kappa shape index (κ2) is 6.50. The van der Waals surface area contributed by atoms with Gasteiger partial charge in [-0.05, 0) is 39.0 Å². The number of furan rings is 1. The fraction of sp³-hybridized carbons (Fsp3) is 0.733.